The first-order valence-corrected chi connectivity index (χ1v) is 10.5. The number of aromatic nitrogens is 4. The maximum absolute atomic E-state index is 13.4. The third-order valence-corrected chi connectivity index (χ3v) is 5.77. The largest absolute Gasteiger partial charge is 0.331 e. The van der Waals surface area contributed by atoms with Crippen molar-refractivity contribution < 1.29 is 4.79 Å². The molecule has 3 aromatic rings. The Bertz CT molecular complexity index is 966. The monoisotopic (exact) mass is 392 g/mol. The molecule has 0 spiro atoms. The van der Waals surface area contributed by atoms with Crippen LogP contribution in [0.4, 0.5) is 0 Å². The van der Waals surface area contributed by atoms with Crippen LogP contribution in [0.3, 0.4) is 0 Å². The lowest BCUT2D eigenvalue weighted by molar-refractivity contribution is 0.0613. The van der Waals surface area contributed by atoms with Crippen molar-refractivity contribution in [2.45, 2.75) is 45.7 Å². The van der Waals surface area contributed by atoms with Crippen LogP contribution in [0.1, 0.15) is 60.6 Å². The summed E-state index contributed by atoms with van der Waals surface area (Å²) in [7, 11) is 0. The second-order valence-electron chi connectivity index (χ2n) is 7.55. The van der Waals surface area contributed by atoms with Crippen molar-refractivity contribution in [3.8, 4) is 0 Å². The van der Waals surface area contributed by atoms with Gasteiger partial charge in [0.1, 0.15) is 5.56 Å². The van der Waals surface area contributed by atoms with Gasteiger partial charge in [-0.1, -0.05) is 19.9 Å². The average Bonchev–Trinajstić information content (AvgIpc) is 3.21. The molecule has 0 aromatic carbocycles. The lowest BCUT2D eigenvalue weighted by atomic mass is 9.96. The summed E-state index contributed by atoms with van der Waals surface area (Å²) >= 11 is 0. The number of carbonyl (C=O) groups is 1. The number of carbonyl (C=O) groups excluding carboxylic acids is 1. The minimum absolute atomic E-state index is 0.00227. The number of nitrogens with zero attached hydrogens (tertiary/aromatic N) is 6. The van der Waals surface area contributed by atoms with Crippen molar-refractivity contribution in [1.82, 2.24) is 29.4 Å². The number of hydrogen-bond acceptors (Lipinski definition) is 5. The van der Waals surface area contributed by atoms with Gasteiger partial charge in [-0.3, -0.25) is 14.7 Å². The molecule has 0 unspecified atom stereocenters. The third kappa shape index (κ3) is 4.00. The minimum Gasteiger partial charge on any atom is -0.331 e. The molecule has 4 rings (SSSR count). The molecule has 4 heterocycles. The van der Waals surface area contributed by atoms with Gasteiger partial charge in [-0.2, -0.15) is 5.10 Å². The van der Waals surface area contributed by atoms with E-state index in [0.29, 0.717) is 11.2 Å². The van der Waals surface area contributed by atoms with Crippen LogP contribution in [0.5, 0.6) is 0 Å². The molecule has 0 N–H and O–H groups in total. The Labute approximate surface area is 171 Å². The van der Waals surface area contributed by atoms with Crippen LogP contribution >= 0.6 is 0 Å². The van der Waals surface area contributed by atoms with E-state index < -0.39 is 0 Å². The summed E-state index contributed by atoms with van der Waals surface area (Å²) < 4.78 is 1.73. The summed E-state index contributed by atoms with van der Waals surface area (Å²) in [6.07, 6.45) is 12.2. The van der Waals surface area contributed by atoms with E-state index in [9.17, 15) is 4.79 Å². The Kier molecular flexibility index (Phi) is 5.85. The van der Waals surface area contributed by atoms with Crippen molar-refractivity contribution in [1.29, 1.82) is 0 Å². The molecule has 1 amide bonds. The Morgan fingerprint density at radius 3 is 2.83 bits per heavy atom. The maximum atomic E-state index is 13.4. The minimum atomic E-state index is -0.00227. The van der Waals surface area contributed by atoms with Gasteiger partial charge in [0.25, 0.3) is 5.91 Å². The fraction of sp³-hybridized carbons (Fsp3) is 0.455. The van der Waals surface area contributed by atoms with E-state index >= 15 is 0 Å². The number of rotatable bonds is 6. The highest BCUT2D eigenvalue weighted by Crippen LogP contribution is 2.32. The van der Waals surface area contributed by atoms with Crippen molar-refractivity contribution in [3.63, 3.8) is 0 Å². The SMILES string of the molecule is CCN(CC)Cc1cnc2c(C(=O)N3CCCC[C@@H]3c3cccnc3)cnn2c1. The Morgan fingerprint density at radius 2 is 2.07 bits per heavy atom. The highest BCUT2D eigenvalue weighted by molar-refractivity contribution is 5.99. The number of pyridine rings is 1. The van der Waals surface area contributed by atoms with Gasteiger partial charge in [0.15, 0.2) is 5.65 Å². The highest BCUT2D eigenvalue weighted by atomic mass is 16.2. The molecule has 0 aliphatic carbocycles. The molecule has 29 heavy (non-hydrogen) atoms. The Morgan fingerprint density at radius 1 is 1.21 bits per heavy atom. The van der Waals surface area contributed by atoms with Crippen LogP contribution < -0.4 is 0 Å². The van der Waals surface area contributed by atoms with Gasteiger partial charge < -0.3 is 4.90 Å². The summed E-state index contributed by atoms with van der Waals surface area (Å²) in [5.74, 6) is -0.00227. The predicted octanol–water partition coefficient (Wildman–Crippen LogP) is 3.33. The van der Waals surface area contributed by atoms with Crippen LogP contribution in [0.25, 0.3) is 5.65 Å². The lowest BCUT2D eigenvalue weighted by Gasteiger charge is -2.35. The van der Waals surface area contributed by atoms with E-state index in [1.165, 1.54) is 0 Å². The predicted molar refractivity (Wildman–Crippen MR) is 111 cm³/mol. The van der Waals surface area contributed by atoms with E-state index in [0.717, 1.165) is 56.6 Å². The smallest absolute Gasteiger partial charge is 0.259 e. The molecule has 3 aromatic heterocycles. The molecule has 1 fully saturated rings. The first-order valence-electron chi connectivity index (χ1n) is 10.5. The van der Waals surface area contributed by atoms with E-state index in [4.69, 9.17) is 0 Å². The van der Waals surface area contributed by atoms with Crippen molar-refractivity contribution in [2.75, 3.05) is 19.6 Å². The Hall–Kier alpha value is -2.80. The molecule has 7 heteroatoms. The van der Waals surface area contributed by atoms with Gasteiger partial charge in [-0.25, -0.2) is 9.50 Å². The Balaban J connectivity index is 1.61. The third-order valence-electron chi connectivity index (χ3n) is 5.77. The van der Waals surface area contributed by atoms with E-state index in [1.807, 2.05) is 29.6 Å². The molecular formula is C22H28N6O. The molecule has 152 valence electrons. The van der Waals surface area contributed by atoms with Crippen LogP contribution in [-0.2, 0) is 6.54 Å². The number of piperidine rings is 1. The highest BCUT2D eigenvalue weighted by Gasteiger charge is 2.30. The second kappa shape index (κ2) is 8.69. The normalized spacial score (nSPS) is 17.2. The fourth-order valence-corrected chi connectivity index (χ4v) is 4.10. The second-order valence-corrected chi connectivity index (χ2v) is 7.55. The molecule has 1 atom stereocenters. The van der Waals surface area contributed by atoms with Crippen LogP contribution in [-0.4, -0.2) is 54.9 Å². The molecule has 0 bridgehead atoms. The zero-order valence-electron chi connectivity index (χ0n) is 17.2. The summed E-state index contributed by atoms with van der Waals surface area (Å²) in [4.78, 5) is 26.5. The van der Waals surface area contributed by atoms with Crippen molar-refractivity contribution >= 4 is 11.6 Å². The molecule has 1 saturated heterocycles. The first-order chi connectivity index (χ1) is 14.2. The summed E-state index contributed by atoms with van der Waals surface area (Å²) in [5.41, 5.74) is 3.37. The van der Waals surface area contributed by atoms with Crippen LogP contribution in [0.15, 0.2) is 43.1 Å². The van der Waals surface area contributed by atoms with E-state index in [1.54, 1.807) is 16.9 Å². The summed E-state index contributed by atoms with van der Waals surface area (Å²) in [5, 5.41) is 4.43. The molecule has 0 saturated carbocycles. The van der Waals surface area contributed by atoms with Crippen LogP contribution in [0.2, 0.25) is 0 Å². The first kappa shape index (κ1) is 19.5. The van der Waals surface area contributed by atoms with Crippen molar-refractivity contribution in [3.05, 3.63) is 59.8 Å². The van der Waals surface area contributed by atoms with Crippen molar-refractivity contribution in [2.24, 2.45) is 0 Å². The van der Waals surface area contributed by atoms with Gasteiger partial charge in [0, 0.05) is 43.4 Å². The molecule has 1 aliphatic rings. The number of amides is 1. The topological polar surface area (TPSA) is 66.6 Å². The molecule has 0 radical (unpaired) electrons. The quantitative estimate of drug-likeness (QED) is 0.644. The van der Waals surface area contributed by atoms with Crippen LogP contribution in [0, 0.1) is 0 Å². The standard InChI is InChI=1S/C22H28N6O/c1-3-26(4-2)15-17-12-24-21-19(14-25-28(21)16-17)22(29)27-11-6-5-9-20(27)18-8-7-10-23-13-18/h7-8,10,12-14,16,20H,3-6,9,11,15H2,1-2H3/t20-/m1/s1. The molecule has 7 nitrogen and oxygen atoms in total. The van der Waals surface area contributed by atoms with Gasteiger partial charge in [-0.15, -0.1) is 0 Å². The number of fused-ring (bicyclic) bond motifs is 1. The molecule has 1 aliphatic heterocycles. The van der Waals surface area contributed by atoms with Gasteiger partial charge in [-0.05, 0) is 44.0 Å². The van der Waals surface area contributed by atoms with Gasteiger partial charge >= 0.3 is 0 Å². The average molecular weight is 393 g/mol. The van der Waals surface area contributed by atoms with Gasteiger partial charge in [0.2, 0.25) is 0 Å². The zero-order chi connectivity index (χ0) is 20.2. The summed E-state index contributed by atoms with van der Waals surface area (Å²) in [6.45, 7) is 7.85. The van der Waals surface area contributed by atoms with Gasteiger partial charge in [0.05, 0.1) is 12.2 Å². The zero-order valence-corrected chi connectivity index (χ0v) is 17.2. The van der Waals surface area contributed by atoms with E-state index in [2.05, 4.69) is 39.9 Å². The maximum Gasteiger partial charge on any atom is 0.259 e. The number of hydrogen-bond donors (Lipinski definition) is 0. The molecular weight excluding hydrogens is 364 g/mol. The fourth-order valence-electron chi connectivity index (χ4n) is 4.10. The summed E-state index contributed by atoms with van der Waals surface area (Å²) in [6, 6.07) is 4.04. The number of likely N-dealkylation sites (tertiary alicyclic amines) is 1. The lowest BCUT2D eigenvalue weighted by Crippen LogP contribution is -2.38. The van der Waals surface area contributed by atoms with E-state index in [-0.39, 0.29) is 11.9 Å².